The van der Waals surface area contributed by atoms with Gasteiger partial charge in [-0.05, 0) is 39.5 Å². The molecule has 0 spiro atoms. The predicted octanol–water partition coefficient (Wildman–Crippen LogP) is 1.06. The lowest BCUT2D eigenvalue weighted by atomic mass is 9.61. The molecule has 16 heavy (non-hydrogen) atoms. The number of hydrogen-bond donors (Lipinski definition) is 3. The van der Waals surface area contributed by atoms with Crippen LogP contribution in [-0.2, 0) is 4.79 Å². The maximum Gasteiger partial charge on any atom is 0.234 e. The van der Waals surface area contributed by atoms with Crippen LogP contribution < -0.4 is 11.1 Å². The van der Waals surface area contributed by atoms with Crippen LogP contribution in [0.3, 0.4) is 0 Å². The van der Waals surface area contributed by atoms with Crippen LogP contribution in [0.2, 0.25) is 0 Å². The Labute approximate surface area is 96.1 Å². The predicted molar refractivity (Wildman–Crippen MR) is 62.1 cm³/mol. The quantitative estimate of drug-likeness (QED) is 0.285. The molecule has 0 aromatic carbocycles. The van der Waals surface area contributed by atoms with Crippen LogP contribution >= 0.6 is 0 Å². The average molecular weight is 227 g/mol. The number of carbonyl (C=O) groups is 1. The minimum Gasteiger partial charge on any atom is -0.409 e. The maximum atomic E-state index is 12.1. The molecule has 0 unspecified atom stereocenters. The van der Waals surface area contributed by atoms with Gasteiger partial charge in [0.25, 0.3) is 0 Å². The molecule has 1 aliphatic rings. The van der Waals surface area contributed by atoms with E-state index in [1.54, 1.807) is 0 Å². The van der Waals surface area contributed by atoms with Gasteiger partial charge < -0.3 is 16.3 Å². The molecule has 1 rings (SSSR count). The molecular formula is C11H21N3O2. The normalized spacial score (nSPS) is 30.8. The Morgan fingerprint density at radius 2 is 2.00 bits per heavy atom. The van der Waals surface area contributed by atoms with Crippen LogP contribution in [-0.4, -0.2) is 22.5 Å². The van der Waals surface area contributed by atoms with E-state index in [1.165, 1.54) is 0 Å². The van der Waals surface area contributed by atoms with Crippen LogP contribution in [0.15, 0.2) is 5.16 Å². The highest BCUT2D eigenvalue weighted by molar-refractivity contribution is 6.07. The molecule has 0 aliphatic heterocycles. The molecule has 0 radical (unpaired) electrons. The van der Waals surface area contributed by atoms with E-state index in [0.29, 0.717) is 18.8 Å². The Morgan fingerprint density at radius 3 is 2.31 bits per heavy atom. The van der Waals surface area contributed by atoms with Gasteiger partial charge in [0.05, 0.1) is 0 Å². The number of oxime groups is 1. The number of hydrogen-bond acceptors (Lipinski definition) is 3. The van der Waals surface area contributed by atoms with Crippen molar-refractivity contribution in [2.24, 2.45) is 22.2 Å². The van der Waals surface area contributed by atoms with Gasteiger partial charge in [0, 0.05) is 5.54 Å². The summed E-state index contributed by atoms with van der Waals surface area (Å²) in [5.74, 6) is 0.312. The van der Waals surface area contributed by atoms with Crippen molar-refractivity contribution in [3.63, 3.8) is 0 Å². The topological polar surface area (TPSA) is 87.7 Å². The second kappa shape index (κ2) is 3.96. The first-order valence-electron chi connectivity index (χ1n) is 5.52. The van der Waals surface area contributed by atoms with E-state index in [9.17, 15) is 4.79 Å². The van der Waals surface area contributed by atoms with Gasteiger partial charge in [-0.1, -0.05) is 12.1 Å². The molecule has 0 atom stereocenters. The third kappa shape index (κ3) is 2.28. The number of nitrogens with zero attached hydrogens (tertiary/aromatic N) is 1. The fraction of sp³-hybridized carbons (Fsp3) is 0.818. The largest absolute Gasteiger partial charge is 0.409 e. The molecule has 92 valence electrons. The van der Waals surface area contributed by atoms with Gasteiger partial charge in [0.2, 0.25) is 5.91 Å². The summed E-state index contributed by atoms with van der Waals surface area (Å²) >= 11 is 0. The molecule has 4 N–H and O–H groups in total. The molecule has 1 amide bonds. The average Bonchev–Trinajstić information content (AvgIpc) is 2.08. The number of amidine groups is 1. The summed E-state index contributed by atoms with van der Waals surface area (Å²) in [6.07, 6.45) is 1.29. The Hall–Kier alpha value is -1.26. The van der Waals surface area contributed by atoms with Crippen molar-refractivity contribution < 1.29 is 10.0 Å². The fourth-order valence-corrected chi connectivity index (χ4v) is 2.20. The molecule has 0 saturated heterocycles. The lowest BCUT2D eigenvalue weighted by Gasteiger charge is -2.45. The van der Waals surface area contributed by atoms with E-state index in [0.717, 1.165) is 0 Å². The van der Waals surface area contributed by atoms with Gasteiger partial charge >= 0.3 is 0 Å². The summed E-state index contributed by atoms with van der Waals surface area (Å²) in [5.41, 5.74) is 4.52. The van der Waals surface area contributed by atoms with Crippen molar-refractivity contribution >= 4 is 11.7 Å². The molecular weight excluding hydrogens is 206 g/mol. The Bertz CT molecular complexity index is 312. The summed E-state index contributed by atoms with van der Waals surface area (Å²) in [5, 5.41) is 14.6. The van der Waals surface area contributed by atoms with Gasteiger partial charge in [-0.15, -0.1) is 0 Å². The number of amides is 1. The summed E-state index contributed by atoms with van der Waals surface area (Å²) in [6, 6.07) is 0. The van der Waals surface area contributed by atoms with Gasteiger partial charge in [-0.3, -0.25) is 4.79 Å². The fourth-order valence-electron chi connectivity index (χ4n) is 2.20. The lowest BCUT2D eigenvalue weighted by Crippen LogP contribution is -2.59. The lowest BCUT2D eigenvalue weighted by molar-refractivity contribution is -0.134. The Morgan fingerprint density at radius 1 is 1.50 bits per heavy atom. The summed E-state index contributed by atoms with van der Waals surface area (Å²) < 4.78 is 0. The number of nitrogens with one attached hydrogen (secondary N) is 1. The molecule has 1 fully saturated rings. The first-order valence-corrected chi connectivity index (χ1v) is 5.52. The van der Waals surface area contributed by atoms with Crippen molar-refractivity contribution in [3.05, 3.63) is 0 Å². The van der Waals surface area contributed by atoms with E-state index >= 15 is 0 Å². The SMILES string of the molecule is CC1CC(C(=O)NC(C)(C)C)(C(N)=NO)C1. The summed E-state index contributed by atoms with van der Waals surface area (Å²) in [7, 11) is 0. The van der Waals surface area contributed by atoms with E-state index in [4.69, 9.17) is 10.9 Å². The van der Waals surface area contributed by atoms with E-state index in [1.807, 2.05) is 27.7 Å². The molecule has 1 aliphatic carbocycles. The van der Waals surface area contributed by atoms with Crippen LogP contribution in [0.1, 0.15) is 40.5 Å². The van der Waals surface area contributed by atoms with Crippen LogP contribution in [0.25, 0.3) is 0 Å². The molecule has 0 aromatic rings. The third-order valence-electron chi connectivity index (χ3n) is 2.92. The smallest absolute Gasteiger partial charge is 0.234 e. The minimum atomic E-state index is -0.804. The summed E-state index contributed by atoms with van der Waals surface area (Å²) in [4.78, 5) is 12.1. The minimum absolute atomic E-state index is 0.0207. The van der Waals surface area contributed by atoms with Crippen molar-refractivity contribution in [2.45, 2.75) is 46.1 Å². The van der Waals surface area contributed by atoms with E-state index in [-0.39, 0.29) is 17.3 Å². The van der Waals surface area contributed by atoms with E-state index < -0.39 is 5.41 Å². The standard InChI is InChI=1S/C11H21N3O2/c1-7-5-11(6-7,8(12)14-16)9(15)13-10(2,3)4/h7,16H,5-6H2,1-4H3,(H2,12,14)(H,13,15). The van der Waals surface area contributed by atoms with Gasteiger partial charge in [-0.25, -0.2) is 0 Å². The number of carbonyl (C=O) groups excluding carboxylic acids is 1. The first-order chi connectivity index (χ1) is 7.21. The highest BCUT2D eigenvalue weighted by Gasteiger charge is 2.52. The monoisotopic (exact) mass is 227 g/mol. The molecule has 1 saturated carbocycles. The summed E-state index contributed by atoms with van der Waals surface area (Å²) in [6.45, 7) is 7.78. The molecule has 0 aromatic heterocycles. The van der Waals surface area contributed by atoms with Crippen molar-refractivity contribution in [3.8, 4) is 0 Å². The Kier molecular flexibility index (Phi) is 3.17. The second-order valence-corrected chi connectivity index (χ2v) is 5.78. The van der Waals surface area contributed by atoms with Gasteiger partial charge in [0.1, 0.15) is 5.41 Å². The van der Waals surface area contributed by atoms with Crippen LogP contribution in [0.5, 0.6) is 0 Å². The van der Waals surface area contributed by atoms with Gasteiger partial charge in [-0.2, -0.15) is 0 Å². The molecule has 5 heteroatoms. The Balaban J connectivity index is 2.84. The number of nitrogens with two attached hydrogens (primary N) is 1. The zero-order valence-corrected chi connectivity index (χ0v) is 10.4. The van der Waals surface area contributed by atoms with Crippen LogP contribution in [0, 0.1) is 11.3 Å². The highest BCUT2D eigenvalue weighted by atomic mass is 16.4. The first kappa shape index (κ1) is 12.8. The second-order valence-electron chi connectivity index (χ2n) is 5.78. The molecule has 0 heterocycles. The van der Waals surface area contributed by atoms with Crippen molar-refractivity contribution in [1.82, 2.24) is 5.32 Å². The zero-order chi connectivity index (χ0) is 12.6. The van der Waals surface area contributed by atoms with Crippen molar-refractivity contribution in [1.29, 1.82) is 0 Å². The third-order valence-corrected chi connectivity index (χ3v) is 2.92. The zero-order valence-electron chi connectivity index (χ0n) is 10.4. The van der Waals surface area contributed by atoms with Gasteiger partial charge in [0.15, 0.2) is 5.84 Å². The maximum absolute atomic E-state index is 12.1. The number of rotatable bonds is 2. The molecule has 0 bridgehead atoms. The highest BCUT2D eigenvalue weighted by Crippen LogP contribution is 2.46. The van der Waals surface area contributed by atoms with E-state index in [2.05, 4.69) is 10.5 Å². The van der Waals surface area contributed by atoms with Crippen LogP contribution in [0.4, 0.5) is 0 Å². The molecule has 5 nitrogen and oxygen atoms in total. The van der Waals surface area contributed by atoms with Crippen molar-refractivity contribution in [2.75, 3.05) is 0 Å².